The van der Waals surface area contributed by atoms with Gasteiger partial charge >= 0.3 is 5.97 Å². The Morgan fingerprint density at radius 3 is 2.02 bits per heavy atom. The molecule has 1 saturated heterocycles. The van der Waals surface area contributed by atoms with Crippen molar-refractivity contribution >= 4 is 17.6 Å². The van der Waals surface area contributed by atoms with E-state index in [4.69, 9.17) is 9.47 Å². The minimum atomic E-state index is -0.472. The summed E-state index contributed by atoms with van der Waals surface area (Å²) in [6.07, 6.45) is 7.24. The number of hydrogen-bond acceptors (Lipinski definition) is 5. The fourth-order valence-corrected chi connectivity index (χ4v) is 6.00. The van der Waals surface area contributed by atoms with E-state index in [2.05, 4.69) is 29.6 Å². The molecule has 1 amide bonds. The van der Waals surface area contributed by atoms with Crippen LogP contribution in [0.3, 0.4) is 0 Å². The van der Waals surface area contributed by atoms with Gasteiger partial charge in [-0.15, -0.1) is 0 Å². The van der Waals surface area contributed by atoms with Crippen LogP contribution in [0.4, 0.5) is 5.69 Å². The van der Waals surface area contributed by atoms with Crippen LogP contribution in [0.1, 0.15) is 77.1 Å². The Hall–Kier alpha value is -4.42. The van der Waals surface area contributed by atoms with Crippen LogP contribution in [0.15, 0.2) is 103 Å². The lowest BCUT2D eigenvalue weighted by atomic mass is 9.84. The van der Waals surface area contributed by atoms with E-state index in [0.717, 1.165) is 29.7 Å². The van der Waals surface area contributed by atoms with Crippen molar-refractivity contribution < 1.29 is 19.1 Å². The molecular formula is C38H40N2O4. The number of nitrogens with zero attached hydrogens (tertiary/aromatic N) is 1. The second kappa shape index (κ2) is 14.4. The first-order valence-corrected chi connectivity index (χ1v) is 15.8. The number of nitrogens with one attached hydrogen (secondary N) is 1. The van der Waals surface area contributed by atoms with Gasteiger partial charge in [-0.3, -0.25) is 4.79 Å². The molecule has 0 bridgehead atoms. The molecule has 0 spiro atoms. The average molecular weight is 589 g/mol. The van der Waals surface area contributed by atoms with E-state index >= 15 is 0 Å². The Morgan fingerprint density at radius 2 is 1.39 bits per heavy atom. The lowest BCUT2D eigenvalue weighted by Crippen LogP contribution is -2.54. The van der Waals surface area contributed by atoms with E-state index in [1.54, 1.807) is 17.0 Å². The first-order valence-electron chi connectivity index (χ1n) is 15.8. The summed E-state index contributed by atoms with van der Waals surface area (Å²) in [6, 6.07) is 33.3. The molecule has 0 unspecified atom stereocenters. The predicted molar refractivity (Wildman–Crippen MR) is 173 cm³/mol. The highest BCUT2D eigenvalue weighted by Crippen LogP contribution is 2.34. The summed E-state index contributed by atoms with van der Waals surface area (Å²) in [6.45, 7) is 1.70. The van der Waals surface area contributed by atoms with Gasteiger partial charge < -0.3 is 19.7 Å². The first-order chi connectivity index (χ1) is 21.6. The van der Waals surface area contributed by atoms with E-state index in [9.17, 15) is 9.59 Å². The molecular weight excluding hydrogens is 548 g/mol. The largest absolute Gasteiger partial charge is 0.488 e. The van der Waals surface area contributed by atoms with Gasteiger partial charge in [0.05, 0.1) is 12.6 Å². The molecule has 1 aliphatic heterocycles. The van der Waals surface area contributed by atoms with Crippen LogP contribution >= 0.6 is 0 Å². The van der Waals surface area contributed by atoms with Gasteiger partial charge in [-0.2, -0.15) is 0 Å². The van der Waals surface area contributed by atoms with E-state index in [1.807, 2.05) is 66.7 Å². The maximum absolute atomic E-state index is 13.7. The van der Waals surface area contributed by atoms with Crippen molar-refractivity contribution in [2.24, 2.45) is 0 Å². The van der Waals surface area contributed by atoms with Gasteiger partial charge in [-0.05, 0) is 66.1 Å². The van der Waals surface area contributed by atoms with Crippen LogP contribution in [0, 0.1) is 0 Å². The van der Waals surface area contributed by atoms with Crippen molar-refractivity contribution in [2.75, 3.05) is 11.4 Å². The summed E-state index contributed by atoms with van der Waals surface area (Å²) in [5.74, 6) is 0.561. The maximum Gasteiger partial charge on any atom is 0.342 e. The lowest BCUT2D eigenvalue weighted by Gasteiger charge is -2.33. The molecule has 2 fully saturated rings. The van der Waals surface area contributed by atoms with Gasteiger partial charge in [0.1, 0.15) is 24.5 Å². The third-order valence-electron chi connectivity index (χ3n) is 8.73. The van der Waals surface area contributed by atoms with Crippen molar-refractivity contribution in [2.45, 2.75) is 70.2 Å². The van der Waals surface area contributed by atoms with Crippen LogP contribution < -0.4 is 15.0 Å². The van der Waals surface area contributed by atoms with Gasteiger partial charge in [0.15, 0.2) is 0 Å². The van der Waals surface area contributed by atoms with Crippen LogP contribution in [0.2, 0.25) is 0 Å². The third kappa shape index (κ3) is 7.37. The summed E-state index contributed by atoms with van der Waals surface area (Å²) in [5.41, 5.74) is 5.35. The Morgan fingerprint density at radius 1 is 0.727 bits per heavy atom. The predicted octanol–water partition coefficient (Wildman–Crippen LogP) is 7.57. The summed E-state index contributed by atoms with van der Waals surface area (Å²) in [5, 5.41) is 3.26. The molecule has 4 aromatic carbocycles. The van der Waals surface area contributed by atoms with E-state index in [0.29, 0.717) is 29.5 Å². The van der Waals surface area contributed by atoms with Crippen LogP contribution in [-0.2, 0) is 29.3 Å². The smallest absolute Gasteiger partial charge is 0.342 e. The zero-order chi connectivity index (χ0) is 30.1. The Balaban J connectivity index is 1.26. The van der Waals surface area contributed by atoms with Crippen molar-refractivity contribution in [1.29, 1.82) is 0 Å². The standard InChI is InChI=1S/C38H40N2O4/c41-37(35-22-23-39-35)40(25-28-16-18-32(19-17-28)31-14-8-3-9-15-31)33-20-21-34(38(42)44-27-30-12-6-2-7-13-30)36(24-33)43-26-29-10-4-1-5-11-29/h1-2,4-7,10-13,16-21,24,31,35,39H,3,8-9,14-15,22-23,25-27H2/t35-/m1/s1. The monoisotopic (exact) mass is 588 g/mol. The molecule has 1 aliphatic carbocycles. The molecule has 0 radical (unpaired) electrons. The molecule has 226 valence electrons. The van der Waals surface area contributed by atoms with Gasteiger partial charge in [0.25, 0.3) is 0 Å². The van der Waals surface area contributed by atoms with Gasteiger partial charge in [-0.25, -0.2) is 4.79 Å². The molecule has 1 atom stereocenters. The number of amides is 1. The zero-order valence-corrected chi connectivity index (χ0v) is 25.1. The van der Waals surface area contributed by atoms with Gasteiger partial charge in [0, 0.05) is 11.8 Å². The fourth-order valence-electron chi connectivity index (χ4n) is 6.00. The molecule has 6 nitrogen and oxygen atoms in total. The van der Waals surface area contributed by atoms with E-state index in [-0.39, 0.29) is 25.2 Å². The van der Waals surface area contributed by atoms with Crippen molar-refractivity contribution in [3.05, 3.63) is 131 Å². The second-order valence-corrected chi connectivity index (χ2v) is 11.8. The van der Waals surface area contributed by atoms with Crippen molar-refractivity contribution in [3.63, 3.8) is 0 Å². The first kappa shape index (κ1) is 29.6. The number of carbonyl (C=O) groups is 2. The SMILES string of the molecule is O=C(OCc1ccccc1)c1ccc(N(Cc2ccc(C3CCCCC3)cc2)C(=O)[C@H]2CCN2)cc1OCc1ccccc1. The minimum Gasteiger partial charge on any atom is -0.488 e. The molecule has 6 heteroatoms. The highest BCUT2D eigenvalue weighted by molar-refractivity contribution is 5.99. The topological polar surface area (TPSA) is 67.9 Å². The number of rotatable bonds is 11. The summed E-state index contributed by atoms with van der Waals surface area (Å²) >= 11 is 0. The molecule has 4 aromatic rings. The van der Waals surface area contributed by atoms with Crippen molar-refractivity contribution in [3.8, 4) is 5.75 Å². The van der Waals surface area contributed by atoms with E-state index in [1.165, 1.54) is 37.7 Å². The van der Waals surface area contributed by atoms with Crippen LogP contribution in [0.5, 0.6) is 5.75 Å². The molecule has 1 saturated carbocycles. The molecule has 1 N–H and O–H groups in total. The Bertz CT molecular complexity index is 1530. The zero-order valence-electron chi connectivity index (χ0n) is 25.1. The molecule has 0 aromatic heterocycles. The van der Waals surface area contributed by atoms with Crippen LogP contribution in [-0.4, -0.2) is 24.5 Å². The minimum absolute atomic E-state index is 0.0148. The molecule has 2 aliphatic rings. The van der Waals surface area contributed by atoms with Gasteiger partial charge in [0.2, 0.25) is 5.91 Å². The quantitative estimate of drug-likeness (QED) is 0.183. The molecule has 44 heavy (non-hydrogen) atoms. The third-order valence-corrected chi connectivity index (χ3v) is 8.73. The highest BCUT2D eigenvalue weighted by Gasteiger charge is 2.31. The summed E-state index contributed by atoms with van der Waals surface area (Å²) in [4.78, 5) is 28.8. The summed E-state index contributed by atoms with van der Waals surface area (Å²) in [7, 11) is 0. The second-order valence-electron chi connectivity index (χ2n) is 11.8. The normalized spacial score (nSPS) is 16.5. The average Bonchev–Trinajstić information content (AvgIpc) is 3.06. The lowest BCUT2D eigenvalue weighted by molar-refractivity contribution is -0.122. The van der Waals surface area contributed by atoms with Crippen LogP contribution in [0.25, 0.3) is 0 Å². The van der Waals surface area contributed by atoms with Gasteiger partial charge in [-0.1, -0.05) is 104 Å². The number of carbonyl (C=O) groups excluding carboxylic acids is 2. The molecule has 1 heterocycles. The Kier molecular flexibility index (Phi) is 9.68. The summed E-state index contributed by atoms with van der Waals surface area (Å²) < 4.78 is 11.9. The molecule has 6 rings (SSSR count). The van der Waals surface area contributed by atoms with Crippen molar-refractivity contribution in [1.82, 2.24) is 5.32 Å². The van der Waals surface area contributed by atoms with E-state index < -0.39 is 5.97 Å². The number of anilines is 1. The highest BCUT2D eigenvalue weighted by atomic mass is 16.5. The number of hydrogen-bond donors (Lipinski definition) is 1. The number of ether oxygens (including phenoxy) is 2. The fraction of sp³-hybridized carbons (Fsp3) is 0.316. The maximum atomic E-state index is 13.7. The number of benzene rings is 4. The Labute approximate surface area is 260 Å². The number of esters is 1.